The Morgan fingerprint density at radius 1 is 1.44 bits per heavy atom. The molecule has 0 aliphatic carbocycles. The smallest absolute Gasteiger partial charge is 0.125 e. The summed E-state index contributed by atoms with van der Waals surface area (Å²) in [6.45, 7) is 4.02. The molecule has 0 spiro atoms. The molecule has 100 valence electrons. The minimum absolute atomic E-state index is 0.538. The average Bonchev–Trinajstić information content (AvgIpc) is 2.38. The van der Waals surface area contributed by atoms with Crippen molar-refractivity contribution < 1.29 is 14.6 Å². The van der Waals surface area contributed by atoms with E-state index in [9.17, 15) is 5.11 Å². The Labute approximate surface area is 113 Å². The maximum Gasteiger partial charge on any atom is 0.125 e. The molecule has 1 fully saturated rings. The molecular weight excluding hydrogens is 252 g/mol. The van der Waals surface area contributed by atoms with Gasteiger partial charge in [0.05, 0.1) is 12.7 Å². The van der Waals surface area contributed by atoms with Gasteiger partial charge in [-0.2, -0.15) is 0 Å². The van der Waals surface area contributed by atoms with E-state index in [0.717, 1.165) is 37.4 Å². The molecule has 0 aromatic heterocycles. The van der Waals surface area contributed by atoms with Crippen molar-refractivity contribution in [3.8, 4) is 5.75 Å². The van der Waals surface area contributed by atoms with Crippen LogP contribution in [0.3, 0.4) is 0 Å². The summed E-state index contributed by atoms with van der Waals surface area (Å²) in [6.07, 6.45) is 1.50. The molecule has 1 atom stereocenters. The maximum atomic E-state index is 9.71. The zero-order valence-corrected chi connectivity index (χ0v) is 11.3. The van der Waals surface area contributed by atoms with Gasteiger partial charge in [0.2, 0.25) is 0 Å². The van der Waals surface area contributed by atoms with Crippen molar-refractivity contribution in [3.63, 3.8) is 0 Å². The maximum absolute atomic E-state index is 9.71. The molecule has 0 unspecified atom stereocenters. The van der Waals surface area contributed by atoms with Crippen molar-refractivity contribution in [1.29, 1.82) is 0 Å². The molecule has 1 aromatic carbocycles. The van der Waals surface area contributed by atoms with Crippen LogP contribution in [0, 0.1) is 5.92 Å². The molecule has 1 aliphatic heterocycles. The molecule has 1 aliphatic rings. The number of aliphatic hydroxyl groups excluding tert-OH is 1. The van der Waals surface area contributed by atoms with E-state index in [-0.39, 0.29) is 0 Å². The van der Waals surface area contributed by atoms with Crippen LogP contribution in [0.15, 0.2) is 18.2 Å². The van der Waals surface area contributed by atoms with Gasteiger partial charge in [-0.3, -0.25) is 0 Å². The Bertz CT molecular complexity index is 387. The quantitative estimate of drug-likeness (QED) is 0.913. The molecule has 1 saturated heterocycles. The van der Waals surface area contributed by atoms with Crippen molar-refractivity contribution >= 4 is 11.6 Å². The molecule has 1 heterocycles. The van der Waals surface area contributed by atoms with Gasteiger partial charge in [-0.05, 0) is 43.9 Å². The van der Waals surface area contributed by atoms with Gasteiger partial charge in [0.1, 0.15) is 5.75 Å². The first-order valence-corrected chi connectivity index (χ1v) is 6.72. The summed E-state index contributed by atoms with van der Waals surface area (Å²) in [5.41, 5.74) is 0.745. The Morgan fingerprint density at radius 2 is 2.17 bits per heavy atom. The number of hydrogen-bond donors (Lipinski definition) is 1. The molecule has 0 amide bonds. The van der Waals surface area contributed by atoms with Gasteiger partial charge >= 0.3 is 0 Å². The van der Waals surface area contributed by atoms with E-state index >= 15 is 0 Å². The lowest BCUT2D eigenvalue weighted by Crippen LogP contribution is -2.21. The van der Waals surface area contributed by atoms with E-state index in [2.05, 4.69) is 0 Å². The van der Waals surface area contributed by atoms with Crippen molar-refractivity contribution in [3.05, 3.63) is 28.8 Å². The van der Waals surface area contributed by atoms with Gasteiger partial charge in [0, 0.05) is 23.8 Å². The molecule has 0 saturated carbocycles. The standard InChI is InChI=1S/C14H19ClO3/c1-10(16)13-8-12(15)2-3-14(13)18-9-11-4-6-17-7-5-11/h2-3,8,10-11,16H,4-7,9H2,1H3/t10-/m0/s1. The summed E-state index contributed by atoms with van der Waals surface area (Å²) >= 11 is 5.93. The average molecular weight is 271 g/mol. The predicted molar refractivity (Wildman–Crippen MR) is 71.1 cm³/mol. The van der Waals surface area contributed by atoms with E-state index in [4.69, 9.17) is 21.1 Å². The first kappa shape index (κ1) is 13.7. The second kappa shape index (κ2) is 6.41. The SMILES string of the molecule is C[C@H](O)c1cc(Cl)ccc1OCC1CCOCC1. The van der Waals surface area contributed by atoms with Gasteiger partial charge in [-0.15, -0.1) is 0 Å². The lowest BCUT2D eigenvalue weighted by molar-refractivity contribution is 0.0491. The van der Waals surface area contributed by atoms with Gasteiger partial charge in [0.15, 0.2) is 0 Å². The minimum atomic E-state index is -0.576. The largest absolute Gasteiger partial charge is 0.493 e. The van der Waals surface area contributed by atoms with Gasteiger partial charge in [-0.1, -0.05) is 11.6 Å². The minimum Gasteiger partial charge on any atom is -0.493 e. The Hall–Kier alpha value is -0.770. The monoisotopic (exact) mass is 270 g/mol. The van der Waals surface area contributed by atoms with E-state index in [1.165, 1.54) is 0 Å². The summed E-state index contributed by atoms with van der Waals surface area (Å²) in [5, 5.41) is 10.3. The zero-order valence-electron chi connectivity index (χ0n) is 10.6. The summed E-state index contributed by atoms with van der Waals surface area (Å²) in [4.78, 5) is 0. The number of hydrogen-bond acceptors (Lipinski definition) is 3. The van der Waals surface area contributed by atoms with Gasteiger partial charge in [-0.25, -0.2) is 0 Å². The highest BCUT2D eigenvalue weighted by Crippen LogP contribution is 2.29. The fourth-order valence-corrected chi connectivity index (χ4v) is 2.28. The van der Waals surface area contributed by atoms with E-state index in [1.54, 1.807) is 19.1 Å². The lowest BCUT2D eigenvalue weighted by Gasteiger charge is -2.23. The normalized spacial score (nSPS) is 18.6. The van der Waals surface area contributed by atoms with Crippen LogP contribution in [-0.4, -0.2) is 24.9 Å². The van der Waals surface area contributed by atoms with Crippen LogP contribution >= 0.6 is 11.6 Å². The van der Waals surface area contributed by atoms with Crippen molar-refractivity contribution in [2.24, 2.45) is 5.92 Å². The number of ether oxygens (including phenoxy) is 2. The number of aliphatic hydroxyl groups is 1. The van der Waals surface area contributed by atoms with E-state index in [1.807, 2.05) is 6.07 Å². The van der Waals surface area contributed by atoms with Crippen LogP contribution in [0.5, 0.6) is 5.75 Å². The third-order valence-electron chi connectivity index (χ3n) is 3.24. The Morgan fingerprint density at radius 3 is 2.83 bits per heavy atom. The Balaban J connectivity index is 1.99. The highest BCUT2D eigenvalue weighted by molar-refractivity contribution is 6.30. The molecular formula is C14H19ClO3. The molecule has 1 aromatic rings. The van der Waals surface area contributed by atoms with Crippen molar-refractivity contribution in [1.82, 2.24) is 0 Å². The molecule has 2 rings (SSSR count). The molecule has 1 N–H and O–H groups in total. The second-order valence-electron chi connectivity index (χ2n) is 4.72. The first-order chi connectivity index (χ1) is 8.66. The summed E-state index contributed by atoms with van der Waals surface area (Å²) < 4.78 is 11.1. The highest BCUT2D eigenvalue weighted by atomic mass is 35.5. The molecule has 0 radical (unpaired) electrons. The fraction of sp³-hybridized carbons (Fsp3) is 0.571. The van der Waals surface area contributed by atoms with Crippen LogP contribution in [0.2, 0.25) is 5.02 Å². The summed E-state index contributed by atoms with van der Waals surface area (Å²) in [7, 11) is 0. The van der Waals surface area contributed by atoms with E-state index < -0.39 is 6.10 Å². The van der Waals surface area contributed by atoms with E-state index in [0.29, 0.717) is 17.5 Å². The van der Waals surface area contributed by atoms with Crippen LogP contribution in [0.1, 0.15) is 31.4 Å². The summed E-state index contributed by atoms with van der Waals surface area (Å²) in [5.74, 6) is 1.26. The van der Waals surface area contributed by atoms with Crippen molar-refractivity contribution in [2.75, 3.05) is 19.8 Å². The third kappa shape index (κ3) is 3.61. The van der Waals surface area contributed by atoms with Crippen molar-refractivity contribution in [2.45, 2.75) is 25.9 Å². The zero-order chi connectivity index (χ0) is 13.0. The lowest BCUT2D eigenvalue weighted by atomic mass is 10.0. The Kier molecular flexibility index (Phi) is 4.87. The highest BCUT2D eigenvalue weighted by Gasteiger charge is 2.16. The molecule has 4 heteroatoms. The fourth-order valence-electron chi connectivity index (χ4n) is 2.10. The van der Waals surface area contributed by atoms with Crippen LogP contribution in [-0.2, 0) is 4.74 Å². The summed E-state index contributed by atoms with van der Waals surface area (Å²) in [6, 6.07) is 5.36. The first-order valence-electron chi connectivity index (χ1n) is 6.35. The topological polar surface area (TPSA) is 38.7 Å². The predicted octanol–water partition coefficient (Wildman–Crippen LogP) is 3.20. The van der Waals surface area contributed by atoms with Crippen LogP contribution in [0.25, 0.3) is 0 Å². The van der Waals surface area contributed by atoms with Crippen LogP contribution < -0.4 is 4.74 Å². The second-order valence-corrected chi connectivity index (χ2v) is 5.16. The molecule has 18 heavy (non-hydrogen) atoms. The van der Waals surface area contributed by atoms with Crippen LogP contribution in [0.4, 0.5) is 0 Å². The van der Waals surface area contributed by atoms with Gasteiger partial charge in [0.25, 0.3) is 0 Å². The number of benzene rings is 1. The molecule has 0 bridgehead atoms. The molecule has 3 nitrogen and oxygen atoms in total. The van der Waals surface area contributed by atoms with Gasteiger partial charge < -0.3 is 14.6 Å². The number of rotatable bonds is 4. The number of halogens is 1. The third-order valence-corrected chi connectivity index (χ3v) is 3.47.